The standard InChI is InChI=1S/C20H17F4N5O2/c21-14-6-13(7-17(8-14)31-20(22,23)24)18-9-15(11-28-5-4-26-19(30)12-28)27-29(18)16-2-1-3-25-10-16/h1-3,6-10H,4-5,11-12H2,(H,26,30). The molecule has 2 aromatic heterocycles. The van der Waals surface area contributed by atoms with Gasteiger partial charge in [0.15, 0.2) is 0 Å². The molecule has 1 fully saturated rings. The van der Waals surface area contributed by atoms with Crippen LogP contribution in [0.2, 0.25) is 0 Å². The number of hydrogen-bond donors (Lipinski definition) is 1. The number of rotatable bonds is 5. The van der Waals surface area contributed by atoms with E-state index < -0.39 is 17.9 Å². The molecule has 0 saturated carbocycles. The van der Waals surface area contributed by atoms with E-state index in [1.54, 1.807) is 24.4 Å². The van der Waals surface area contributed by atoms with Crippen LogP contribution in [0.25, 0.3) is 16.9 Å². The van der Waals surface area contributed by atoms with Gasteiger partial charge in [0.25, 0.3) is 0 Å². The number of halogens is 4. The molecule has 1 N–H and O–H groups in total. The van der Waals surface area contributed by atoms with Gasteiger partial charge in [-0.3, -0.25) is 14.7 Å². The molecule has 0 unspecified atom stereocenters. The van der Waals surface area contributed by atoms with Crippen molar-refractivity contribution >= 4 is 5.91 Å². The van der Waals surface area contributed by atoms with Crippen LogP contribution in [-0.4, -0.2) is 51.6 Å². The lowest BCUT2D eigenvalue weighted by Crippen LogP contribution is -2.47. The molecule has 1 amide bonds. The molecule has 3 aromatic rings. The molecule has 1 aromatic carbocycles. The van der Waals surface area contributed by atoms with Crippen LogP contribution in [0.4, 0.5) is 17.6 Å². The van der Waals surface area contributed by atoms with Gasteiger partial charge in [-0.2, -0.15) is 5.10 Å². The largest absolute Gasteiger partial charge is 0.573 e. The van der Waals surface area contributed by atoms with Gasteiger partial charge in [0.2, 0.25) is 5.91 Å². The number of nitrogens with one attached hydrogen (secondary N) is 1. The van der Waals surface area contributed by atoms with E-state index in [-0.39, 0.29) is 18.0 Å². The van der Waals surface area contributed by atoms with E-state index >= 15 is 0 Å². The number of hydrogen-bond acceptors (Lipinski definition) is 5. The average molecular weight is 435 g/mol. The summed E-state index contributed by atoms with van der Waals surface area (Å²) in [4.78, 5) is 17.6. The summed E-state index contributed by atoms with van der Waals surface area (Å²) in [5.74, 6) is -1.65. The minimum atomic E-state index is -4.95. The topological polar surface area (TPSA) is 72.3 Å². The van der Waals surface area contributed by atoms with Crippen molar-refractivity contribution in [1.29, 1.82) is 0 Å². The molecule has 31 heavy (non-hydrogen) atoms. The van der Waals surface area contributed by atoms with Crippen molar-refractivity contribution in [3.8, 4) is 22.7 Å². The van der Waals surface area contributed by atoms with Gasteiger partial charge >= 0.3 is 6.36 Å². The van der Waals surface area contributed by atoms with Crippen molar-refractivity contribution in [3.63, 3.8) is 0 Å². The van der Waals surface area contributed by atoms with Crippen LogP contribution in [-0.2, 0) is 11.3 Å². The maximum atomic E-state index is 14.1. The van der Waals surface area contributed by atoms with Crippen molar-refractivity contribution in [2.45, 2.75) is 12.9 Å². The summed E-state index contributed by atoms with van der Waals surface area (Å²) in [6, 6.07) is 7.90. The van der Waals surface area contributed by atoms with Gasteiger partial charge in [-0.15, -0.1) is 13.2 Å². The maximum absolute atomic E-state index is 14.1. The van der Waals surface area contributed by atoms with E-state index in [1.807, 2.05) is 4.90 Å². The molecule has 11 heteroatoms. The first kappa shape index (κ1) is 20.8. The maximum Gasteiger partial charge on any atom is 0.573 e. The van der Waals surface area contributed by atoms with Gasteiger partial charge in [0.1, 0.15) is 11.6 Å². The van der Waals surface area contributed by atoms with E-state index in [9.17, 15) is 22.4 Å². The van der Waals surface area contributed by atoms with E-state index in [0.717, 1.165) is 12.1 Å². The molecular weight excluding hydrogens is 418 g/mol. The second-order valence-electron chi connectivity index (χ2n) is 6.93. The van der Waals surface area contributed by atoms with Crippen molar-refractivity contribution < 1.29 is 27.1 Å². The summed E-state index contributed by atoms with van der Waals surface area (Å²) in [5.41, 5.74) is 1.62. The molecule has 0 spiro atoms. The van der Waals surface area contributed by atoms with Crippen molar-refractivity contribution in [2.75, 3.05) is 19.6 Å². The van der Waals surface area contributed by atoms with Crippen LogP contribution >= 0.6 is 0 Å². The van der Waals surface area contributed by atoms with Crippen LogP contribution in [0.1, 0.15) is 5.69 Å². The molecule has 0 atom stereocenters. The predicted molar refractivity (Wildman–Crippen MR) is 102 cm³/mol. The Hall–Kier alpha value is -3.47. The number of benzene rings is 1. The summed E-state index contributed by atoms with van der Waals surface area (Å²) in [5, 5.41) is 7.26. The summed E-state index contributed by atoms with van der Waals surface area (Å²) < 4.78 is 57.4. The van der Waals surface area contributed by atoms with Gasteiger partial charge < -0.3 is 10.1 Å². The predicted octanol–water partition coefficient (Wildman–Crippen LogP) is 2.90. The minimum Gasteiger partial charge on any atom is -0.406 e. The number of alkyl halides is 3. The average Bonchev–Trinajstić information content (AvgIpc) is 3.11. The van der Waals surface area contributed by atoms with Gasteiger partial charge in [0.05, 0.1) is 29.8 Å². The van der Waals surface area contributed by atoms with E-state index in [1.165, 1.54) is 10.9 Å². The molecule has 0 radical (unpaired) electrons. The highest BCUT2D eigenvalue weighted by atomic mass is 19.4. The fourth-order valence-corrected chi connectivity index (χ4v) is 3.35. The second-order valence-corrected chi connectivity index (χ2v) is 6.93. The Morgan fingerprint density at radius 1 is 1.19 bits per heavy atom. The van der Waals surface area contributed by atoms with Crippen molar-refractivity contribution in [3.05, 3.63) is 60.3 Å². The number of ether oxygens (including phenoxy) is 1. The van der Waals surface area contributed by atoms with Crippen molar-refractivity contribution in [1.82, 2.24) is 25.0 Å². The van der Waals surface area contributed by atoms with Gasteiger partial charge in [0, 0.05) is 37.5 Å². The zero-order valence-electron chi connectivity index (χ0n) is 16.1. The van der Waals surface area contributed by atoms with Gasteiger partial charge in [-0.1, -0.05) is 0 Å². The highest BCUT2D eigenvalue weighted by Crippen LogP contribution is 2.31. The Bertz CT molecular complexity index is 1080. The zero-order valence-corrected chi connectivity index (χ0v) is 16.1. The molecule has 1 aliphatic rings. The SMILES string of the molecule is O=C1CN(Cc2cc(-c3cc(F)cc(OC(F)(F)F)c3)n(-c3cccnc3)n2)CCN1. The third-order valence-electron chi connectivity index (χ3n) is 4.55. The Balaban J connectivity index is 1.74. The normalized spacial score (nSPS) is 15.0. The van der Waals surface area contributed by atoms with E-state index in [0.29, 0.717) is 42.8 Å². The Morgan fingerprint density at radius 2 is 2.03 bits per heavy atom. The highest BCUT2D eigenvalue weighted by molar-refractivity contribution is 5.78. The highest BCUT2D eigenvalue weighted by Gasteiger charge is 2.31. The first-order valence-corrected chi connectivity index (χ1v) is 9.32. The lowest BCUT2D eigenvalue weighted by molar-refractivity contribution is -0.274. The van der Waals surface area contributed by atoms with E-state index in [4.69, 9.17) is 0 Å². The smallest absolute Gasteiger partial charge is 0.406 e. The summed E-state index contributed by atoms with van der Waals surface area (Å²) >= 11 is 0. The molecule has 0 bridgehead atoms. The summed E-state index contributed by atoms with van der Waals surface area (Å²) in [6.07, 6.45) is -1.85. The second kappa shape index (κ2) is 8.34. The van der Waals surface area contributed by atoms with Crippen molar-refractivity contribution in [2.24, 2.45) is 0 Å². The number of piperazine rings is 1. The molecule has 162 valence electrons. The monoisotopic (exact) mass is 435 g/mol. The first-order valence-electron chi connectivity index (χ1n) is 9.32. The van der Waals surface area contributed by atoms with Crippen LogP contribution in [0.5, 0.6) is 5.75 Å². The Labute approximate surface area is 174 Å². The number of carbonyl (C=O) groups is 1. The van der Waals surface area contributed by atoms with E-state index in [2.05, 4.69) is 20.1 Å². The minimum absolute atomic E-state index is 0.0998. The number of amides is 1. The number of carbonyl (C=O) groups excluding carboxylic acids is 1. The lowest BCUT2D eigenvalue weighted by Gasteiger charge is -2.25. The molecule has 0 aliphatic carbocycles. The van der Waals surface area contributed by atoms with Crippen LogP contribution in [0, 0.1) is 5.82 Å². The van der Waals surface area contributed by atoms with Gasteiger partial charge in [-0.25, -0.2) is 9.07 Å². The molecule has 1 saturated heterocycles. The zero-order chi connectivity index (χ0) is 22.0. The fourth-order valence-electron chi connectivity index (χ4n) is 3.35. The first-order chi connectivity index (χ1) is 14.8. The number of pyridine rings is 1. The molecule has 4 rings (SSSR count). The molecule has 3 heterocycles. The Morgan fingerprint density at radius 3 is 2.74 bits per heavy atom. The fraction of sp³-hybridized carbons (Fsp3) is 0.250. The lowest BCUT2D eigenvalue weighted by atomic mass is 10.1. The number of nitrogens with zero attached hydrogens (tertiary/aromatic N) is 4. The van der Waals surface area contributed by atoms with Crippen LogP contribution < -0.4 is 10.1 Å². The molecule has 7 nitrogen and oxygen atoms in total. The third-order valence-corrected chi connectivity index (χ3v) is 4.55. The van der Waals surface area contributed by atoms with Crippen LogP contribution in [0.15, 0.2) is 48.8 Å². The summed E-state index contributed by atoms with van der Waals surface area (Å²) in [6.45, 7) is 1.69. The van der Waals surface area contributed by atoms with Crippen LogP contribution in [0.3, 0.4) is 0 Å². The molecule has 1 aliphatic heterocycles. The summed E-state index contributed by atoms with van der Waals surface area (Å²) in [7, 11) is 0. The number of aromatic nitrogens is 3. The molecular formula is C20H17F4N5O2. The third kappa shape index (κ3) is 5.18. The Kier molecular flexibility index (Phi) is 5.59. The van der Waals surface area contributed by atoms with Gasteiger partial charge in [-0.05, 0) is 30.3 Å². The quantitative estimate of drug-likeness (QED) is 0.624.